The van der Waals surface area contributed by atoms with E-state index >= 15 is 0 Å². The minimum Gasteiger partial charge on any atom is -0.244 e. The van der Waals surface area contributed by atoms with Gasteiger partial charge in [0.15, 0.2) is 11.5 Å². The largest absolute Gasteiger partial charge is 0.244 e. The van der Waals surface area contributed by atoms with E-state index in [1.807, 2.05) is 0 Å². The molecule has 0 aliphatic carbocycles. The Kier molecular flexibility index (Phi) is 3.50. The first-order valence-corrected chi connectivity index (χ1v) is 6.63. The first-order valence-electron chi connectivity index (χ1n) is 5.15. The van der Waals surface area contributed by atoms with Crippen molar-refractivity contribution in [1.82, 2.24) is 30.3 Å². The minimum atomic E-state index is -3.88. The van der Waals surface area contributed by atoms with E-state index in [2.05, 4.69) is 30.3 Å². The van der Waals surface area contributed by atoms with Gasteiger partial charge in [0, 0.05) is 6.20 Å². The zero-order valence-corrected chi connectivity index (χ0v) is 10.6. The molecule has 98 valence electrons. The Morgan fingerprint density at radius 1 is 1.53 bits per heavy atom. The van der Waals surface area contributed by atoms with Gasteiger partial charge in [-0.1, -0.05) is 5.21 Å². The lowest BCUT2D eigenvalue weighted by Gasteiger charge is -2.11. The van der Waals surface area contributed by atoms with Gasteiger partial charge >= 0.3 is 0 Å². The number of nitriles is 1. The maximum absolute atomic E-state index is 12.1. The van der Waals surface area contributed by atoms with Crippen LogP contribution in [0, 0.1) is 11.3 Å². The molecular weight excluding hydrogens is 270 g/mol. The molecule has 1 unspecified atom stereocenters. The summed E-state index contributed by atoms with van der Waals surface area (Å²) in [5.41, 5.74) is -0.171. The molecule has 1 atom stereocenters. The van der Waals surface area contributed by atoms with Gasteiger partial charge < -0.3 is 0 Å². The predicted octanol–water partition coefficient (Wildman–Crippen LogP) is -0.494. The Morgan fingerprint density at radius 3 is 2.95 bits per heavy atom. The second-order valence-corrected chi connectivity index (χ2v) is 5.26. The van der Waals surface area contributed by atoms with Gasteiger partial charge in [0.05, 0.1) is 6.04 Å². The number of aromatic amines is 1. The highest BCUT2D eigenvalue weighted by Crippen LogP contribution is 2.15. The molecule has 0 amide bonds. The molecule has 0 aliphatic rings. The molecule has 19 heavy (non-hydrogen) atoms. The molecule has 0 spiro atoms. The van der Waals surface area contributed by atoms with E-state index in [1.54, 1.807) is 13.0 Å². The molecule has 0 aromatic carbocycles. The van der Waals surface area contributed by atoms with Crippen molar-refractivity contribution in [3.63, 3.8) is 0 Å². The third-order valence-corrected chi connectivity index (χ3v) is 3.82. The lowest BCUT2D eigenvalue weighted by atomic mass is 10.4. The number of nitrogens with one attached hydrogen (secondary N) is 2. The highest BCUT2D eigenvalue weighted by molar-refractivity contribution is 7.89. The lowest BCUT2D eigenvalue weighted by Crippen LogP contribution is -2.28. The third kappa shape index (κ3) is 2.72. The Balaban J connectivity index is 2.31. The fourth-order valence-electron chi connectivity index (χ4n) is 1.39. The SMILES string of the molecule is CC(NS(=O)(=O)c1cccnc1C#N)c1nn[nH]n1. The molecule has 0 radical (unpaired) electrons. The van der Waals surface area contributed by atoms with Gasteiger partial charge in [-0.05, 0) is 19.1 Å². The van der Waals surface area contributed by atoms with Crippen LogP contribution in [0.5, 0.6) is 0 Å². The summed E-state index contributed by atoms with van der Waals surface area (Å²) in [6.07, 6.45) is 1.35. The summed E-state index contributed by atoms with van der Waals surface area (Å²) in [6, 6.07) is 3.79. The van der Waals surface area contributed by atoms with E-state index in [4.69, 9.17) is 5.26 Å². The topological polar surface area (TPSA) is 137 Å². The highest BCUT2D eigenvalue weighted by Gasteiger charge is 2.23. The van der Waals surface area contributed by atoms with E-state index in [1.165, 1.54) is 18.3 Å². The molecule has 9 nitrogen and oxygen atoms in total. The number of nitrogens with zero attached hydrogens (tertiary/aromatic N) is 5. The second kappa shape index (κ2) is 5.09. The zero-order valence-electron chi connectivity index (χ0n) is 9.77. The van der Waals surface area contributed by atoms with Crippen molar-refractivity contribution < 1.29 is 8.42 Å². The molecule has 0 aliphatic heterocycles. The van der Waals surface area contributed by atoms with E-state index in [-0.39, 0.29) is 16.4 Å². The van der Waals surface area contributed by atoms with E-state index in [0.717, 1.165) is 0 Å². The van der Waals surface area contributed by atoms with Crippen molar-refractivity contribution in [2.75, 3.05) is 0 Å². The van der Waals surface area contributed by atoms with E-state index in [0.29, 0.717) is 0 Å². The lowest BCUT2D eigenvalue weighted by molar-refractivity contribution is 0.559. The summed E-state index contributed by atoms with van der Waals surface area (Å²) in [7, 11) is -3.88. The summed E-state index contributed by atoms with van der Waals surface area (Å²) in [5, 5.41) is 21.8. The number of aromatic nitrogens is 5. The van der Waals surface area contributed by atoms with Crippen LogP contribution in [0.15, 0.2) is 23.2 Å². The number of tetrazole rings is 1. The molecule has 2 aromatic heterocycles. The number of H-pyrrole nitrogens is 1. The number of sulfonamides is 1. The number of pyridine rings is 1. The van der Waals surface area contributed by atoms with Gasteiger partial charge in [-0.3, -0.25) is 0 Å². The molecule has 0 saturated heterocycles. The van der Waals surface area contributed by atoms with Crippen molar-refractivity contribution >= 4 is 10.0 Å². The van der Waals surface area contributed by atoms with Crippen LogP contribution in [-0.4, -0.2) is 34.0 Å². The van der Waals surface area contributed by atoms with Crippen LogP contribution in [0.25, 0.3) is 0 Å². The van der Waals surface area contributed by atoms with Crippen LogP contribution in [-0.2, 0) is 10.0 Å². The average Bonchev–Trinajstić information content (AvgIpc) is 2.92. The number of hydrogen-bond donors (Lipinski definition) is 2. The molecule has 0 saturated carbocycles. The maximum atomic E-state index is 12.1. The third-order valence-electron chi connectivity index (χ3n) is 2.25. The van der Waals surface area contributed by atoms with Crippen LogP contribution in [0.1, 0.15) is 24.5 Å². The Bertz CT molecular complexity index is 704. The van der Waals surface area contributed by atoms with Crippen LogP contribution in [0.2, 0.25) is 0 Å². The summed E-state index contributed by atoms with van der Waals surface area (Å²) in [4.78, 5) is 3.52. The highest BCUT2D eigenvalue weighted by atomic mass is 32.2. The van der Waals surface area contributed by atoms with Crippen molar-refractivity contribution in [2.45, 2.75) is 17.9 Å². The van der Waals surface area contributed by atoms with E-state index < -0.39 is 16.1 Å². The molecule has 2 aromatic rings. The van der Waals surface area contributed by atoms with Crippen LogP contribution >= 0.6 is 0 Å². The number of rotatable bonds is 4. The van der Waals surface area contributed by atoms with Gasteiger partial charge in [0.1, 0.15) is 11.0 Å². The summed E-state index contributed by atoms with van der Waals surface area (Å²) >= 11 is 0. The second-order valence-electron chi connectivity index (χ2n) is 3.57. The van der Waals surface area contributed by atoms with Crippen molar-refractivity contribution in [2.24, 2.45) is 0 Å². The normalized spacial score (nSPS) is 12.8. The Hall–Kier alpha value is -2.38. The predicted molar refractivity (Wildman–Crippen MR) is 61.9 cm³/mol. The van der Waals surface area contributed by atoms with Crippen molar-refractivity contribution in [3.8, 4) is 6.07 Å². The molecular formula is C9H9N7O2S. The summed E-state index contributed by atoms with van der Waals surface area (Å²) < 4.78 is 26.6. The van der Waals surface area contributed by atoms with Crippen LogP contribution in [0.4, 0.5) is 0 Å². The van der Waals surface area contributed by atoms with Crippen molar-refractivity contribution in [1.29, 1.82) is 5.26 Å². The quantitative estimate of drug-likeness (QED) is 0.769. The molecule has 2 N–H and O–H groups in total. The average molecular weight is 279 g/mol. The monoisotopic (exact) mass is 279 g/mol. The van der Waals surface area contributed by atoms with Gasteiger partial charge in [-0.2, -0.15) is 10.5 Å². The van der Waals surface area contributed by atoms with E-state index in [9.17, 15) is 8.42 Å². The molecule has 2 heterocycles. The molecule has 10 heteroatoms. The van der Waals surface area contributed by atoms with Gasteiger partial charge in [-0.15, -0.1) is 10.2 Å². The Labute approximate surface area is 108 Å². The first-order chi connectivity index (χ1) is 9.04. The van der Waals surface area contributed by atoms with Crippen LogP contribution < -0.4 is 4.72 Å². The van der Waals surface area contributed by atoms with Gasteiger partial charge in [0.25, 0.3) is 0 Å². The molecule has 2 rings (SSSR count). The minimum absolute atomic E-state index is 0.171. The van der Waals surface area contributed by atoms with Gasteiger partial charge in [0.2, 0.25) is 10.0 Å². The van der Waals surface area contributed by atoms with Crippen LogP contribution in [0.3, 0.4) is 0 Å². The first kappa shape index (κ1) is 13.1. The van der Waals surface area contributed by atoms with Gasteiger partial charge in [-0.25, -0.2) is 18.1 Å². The maximum Gasteiger partial charge on any atom is 0.244 e. The molecule has 0 fully saturated rings. The summed E-state index contributed by atoms with van der Waals surface area (Å²) in [6.45, 7) is 1.56. The smallest absolute Gasteiger partial charge is 0.244 e. The Morgan fingerprint density at radius 2 is 2.32 bits per heavy atom. The fourth-order valence-corrected chi connectivity index (χ4v) is 2.70. The summed E-state index contributed by atoms with van der Waals surface area (Å²) in [5.74, 6) is 0.200. The van der Waals surface area contributed by atoms with Crippen molar-refractivity contribution in [3.05, 3.63) is 29.8 Å². The standard InChI is InChI=1S/C9H9N7O2S/c1-6(9-12-15-16-13-9)14-19(17,18)8-3-2-4-11-7(8)5-10/h2-4,6,14H,1H3,(H,12,13,15,16). The molecule has 0 bridgehead atoms. The zero-order chi connectivity index (χ0) is 13.9. The fraction of sp³-hybridized carbons (Fsp3) is 0.222. The number of hydrogen-bond acceptors (Lipinski definition) is 7.